The van der Waals surface area contributed by atoms with Crippen LogP contribution in [-0.2, 0) is 4.79 Å². The monoisotopic (exact) mass is 339 g/mol. The molecule has 0 aliphatic heterocycles. The number of carboxylic acids is 1. The summed E-state index contributed by atoms with van der Waals surface area (Å²) in [6.45, 7) is 2.04. The molecule has 0 radical (unpaired) electrons. The Labute approximate surface area is 126 Å². The van der Waals surface area contributed by atoms with Crippen molar-refractivity contribution in [3.63, 3.8) is 0 Å². The van der Waals surface area contributed by atoms with Crippen LogP contribution in [0.2, 0.25) is 0 Å². The van der Waals surface area contributed by atoms with Crippen molar-refractivity contribution in [2.45, 2.75) is 39.0 Å². The predicted octanol–water partition coefficient (Wildman–Crippen LogP) is 4.06. The lowest BCUT2D eigenvalue weighted by molar-refractivity contribution is -0.125. The smallest absolute Gasteiger partial charge is 0.335 e. The minimum Gasteiger partial charge on any atom is -0.478 e. The highest BCUT2D eigenvalue weighted by molar-refractivity contribution is 9.10. The number of carbonyl (C=O) groups excluding carboxylic acids is 1. The van der Waals surface area contributed by atoms with Gasteiger partial charge in [0, 0.05) is 15.6 Å². The molecular weight excluding hydrogens is 322 g/mol. The van der Waals surface area contributed by atoms with Gasteiger partial charge in [0.25, 0.3) is 0 Å². The SMILES string of the molecule is CCC1(C(=O)Nc2cc(Br)cc(C(=O)O)c2)CCCC1. The molecule has 0 unspecified atom stereocenters. The molecule has 0 aromatic heterocycles. The van der Waals surface area contributed by atoms with E-state index in [4.69, 9.17) is 5.11 Å². The molecule has 1 aliphatic carbocycles. The Kier molecular flexibility index (Phi) is 4.48. The number of rotatable bonds is 4. The molecular formula is C15H18BrNO3. The normalized spacial score (nSPS) is 16.9. The summed E-state index contributed by atoms with van der Waals surface area (Å²) in [6, 6.07) is 4.73. The predicted molar refractivity (Wildman–Crippen MR) is 80.9 cm³/mol. The van der Waals surface area contributed by atoms with Crippen LogP contribution >= 0.6 is 15.9 Å². The molecule has 1 fully saturated rings. The Morgan fingerprint density at radius 1 is 1.30 bits per heavy atom. The first-order chi connectivity index (χ1) is 9.47. The number of nitrogens with one attached hydrogen (secondary N) is 1. The number of hydrogen-bond donors (Lipinski definition) is 2. The lowest BCUT2D eigenvalue weighted by Crippen LogP contribution is -2.33. The topological polar surface area (TPSA) is 66.4 Å². The molecule has 2 rings (SSSR count). The number of anilines is 1. The standard InChI is InChI=1S/C15H18BrNO3/c1-2-15(5-3-4-6-15)14(20)17-12-8-10(13(18)19)7-11(16)9-12/h7-9H,2-6H2,1H3,(H,17,20)(H,18,19). The van der Waals surface area contributed by atoms with E-state index >= 15 is 0 Å². The van der Waals surface area contributed by atoms with E-state index in [2.05, 4.69) is 21.2 Å². The average Bonchev–Trinajstić information content (AvgIpc) is 2.88. The van der Waals surface area contributed by atoms with E-state index in [0.717, 1.165) is 32.1 Å². The maximum Gasteiger partial charge on any atom is 0.335 e. The molecule has 108 valence electrons. The first-order valence-electron chi connectivity index (χ1n) is 6.82. The van der Waals surface area contributed by atoms with Crippen LogP contribution in [0.4, 0.5) is 5.69 Å². The maximum atomic E-state index is 12.5. The molecule has 0 bridgehead atoms. The van der Waals surface area contributed by atoms with Crippen molar-refractivity contribution < 1.29 is 14.7 Å². The van der Waals surface area contributed by atoms with E-state index in [9.17, 15) is 9.59 Å². The summed E-state index contributed by atoms with van der Waals surface area (Å²) >= 11 is 3.27. The summed E-state index contributed by atoms with van der Waals surface area (Å²) < 4.78 is 0.643. The molecule has 1 aromatic carbocycles. The molecule has 1 amide bonds. The van der Waals surface area contributed by atoms with Crippen LogP contribution in [0.1, 0.15) is 49.4 Å². The van der Waals surface area contributed by atoms with E-state index in [1.54, 1.807) is 6.07 Å². The second kappa shape index (κ2) is 5.95. The third-order valence-electron chi connectivity index (χ3n) is 4.12. The number of carboxylic acid groups (broad SMARTS) is 1. The lowest BCUT2D eigenvalue weighted by atomic mass is 9.82. The van der Waals surface area contributed by atoms with Gasteiger partial charge in [-0.2, -0.15) is 0 Å². The van der Waals surface area contributed by atoms with Gasteiger partial charge in [0.05, 0.1) is 5.56 Å². The van der Waals surface area contributed by atoms with Gasteiger partial charge in [-0.05, 0) is 37.5 Å². The maximum absolute atomic E-state index is 12.5. The Morgan fingerprint density at radius 2 is 1.95 bits per heavy atom. The first kappa shape index (κ1) is 15.0. The zero-order valence-electron chi connectivity index (χ0n) is 11.4. The zero-order chi connectivity index (χ0) is 14.8. The van der Waals surface area contributed by atoms with Crippen molar-refractivity contribution in [3.8, 4) is 0 Å². The number of aromatic carboxylic acids is 1. The molecule has 5 heteroatoms. The summed E-state index contributed by atoms with van der Waals surface area (Å²) in [4.78, 5) is 23.5. The van der Waals surface area contributed by atoms with E-state index in [-0.39, 0.29) is 16.9 Å². The molecule has 0 saturated heterocycles. The summed E-state index contributed by atoms with van der Waals surface area (Å²) in [6.07, 6.45) is 4.81. The molecule has 0 heterocycles. The fourth-order valence-electron chi connectivity index (χ4n) is 2.84. The number of hydrogen-bond acceptors (Lipinski definition) is 2. The van der Waals surface area contributed by atoms with E-state index in [1.165, 1.54) is 12.1 Å². The minimum absolute atomic E-state index is 0.00642. The summed E-state index contributed by atoms with van der Waals surface area (Å²) in [5.41, 5.74) is 0.402. The van der Waals surface area contributed by atoms with Crippen LogP contribution in [0.5, 0.6) is 0 Å². The number of halogens is 1. The average molecular weight is 340 g/mol. The van der Waals surface area contributed by atoms with Gasteiger partial charge in [-0.25, -0.2) is 4.79 Å². The third-order valence-corrected chi connectivity index (χ3v) is 4.58. The number of carbonyl (C=O) groups is 2. The highest BCUT2D eigenvalue weighted by atomic mass is 79.9. The van der Waals surface area contributed by atoms with Crippen molar-refractivity contribution in [1.29, 1.82) is 0 Å². The summed E-state index contributed by atoms with van der Waals surface area (Å²) in [7, 11) is 0. The Bertz CT molecular complexity index is 536. The van der Waals surface area contributed by atoms with Crippen molar-refractivity contribution in [1.82, 2.24) is 0 Å². The van der Waals surface area contributed by atoms with Crippen LogP contribution in [0.15, 0.2) is 22.7 Å². The van der Waals surface area contributed by atoms with Crippen LogP contribution in [-0.4, -0.2) is 17.0 Å². The second-order valence-electron chi connectivity index (χ2n) is 5.33. The molecule has 20 heavy (non-hydrogen) atoms. The zero-order valence-corrected chi connectivity index (χ0v) is 13.0. The third kappa shape index (κ3) is 3.03. The van der Waals surface area contributed by atoms with Crippen molar-refractivity contribution in [3.05, 3.63) is 28.2 Å². The molecule has 0 spiro atoms. The van der Waals surface area contributed by atoms with Crippen LogP contribution in [0.3, 0.4) is 0 Å². The fraction of sp³-hybridized carbons (Fsp3) is 0.467. The van der Waals surface area contributed by atoms with Gasteiger partial charge >= 0.3 is 5.97 Å². The molecule has 4 nitrogen and oxygen atoms in total. The highest BCUT2D eigenvalue weighted by Crippen LogP contribution is 2.42. The second-order valence-corrected chi connectivity index (χ2v) is 6.24. The number of benzene rings is 1. The molecule has 1 aromatic rings. The number of amides is 1. The van der Waals surface area contributed by atoms with E-state index < -0.39 is 5.97 Å². The minimum atomic E-state index is -1.01. The Hall–Kier alpha value is -1.36. The van der Waals surface area contributed by atoms with Gasteiger partial charge in [-0.3, -0.25) is 4.79 Å². The highest BCUT2D eigenvalue weighted by Gasteiger charge is 2.39. The molecule has 2 N–H and O–H groups in total. The Morgan fingerprint density at radius 3 is 2.50 bits per heavy atom. The lowest BCUT2D eigenvalue weighted by Gasteiger charge is -2.26. The van der Waals surface area contributed by atoms with Crippen molar-refractivity contribution in [2.75, 3.05) is 5.32 Å². The van der Waals surface area contributed by atoms with Gasteiger partial charge in [-0.15, -0.1) is 0 Å². The first-order valence-corrected chi connectivity index (χ1v) is 7.61. The van der Waals surface area contributed by atoms with Crippen LogP contribution < -0.4 is 5.32 Å². The van der Waals surface area contributed by atoms with Gasteiger partial charge < -0.3 is 10.4 Å². The van der Waals surface area contributed by atoms with E-state index in [0.29, 0.717) is 10.2 Å². The van der Waals surface area contributed by atoms with Gasteiger partial charge in [0.1, 0.15) is 0 Å². The van der Waals surface area contributed by atoms with Gasteiger partial charge in [-0.1, -0.05) is 35.7 Å². The van der Waals surface area contributed by atoms with Gasteiger partial charge in [0.15, 0.2) is 0 Å². The van der Waals surface area contributed by atoms with Crippen molar-refractivity contribution >= 4 is 33.5 Å². The molecule has 1 saturated carbocycles. The quantitative estimate of drug-likeness (QED) is 0.869. The molecule has 1 aliphatic rings. The largest absolute Gasteiger partial charge is 0.478 e. The van der Waals surface area contributed by atoms with Gasteiger partial charge in [0.2, 0.25) is 5.91 Å². The Balaban J connectivity index is 2.21. The van der Waals surface area contributed by atoms with E-state index in [1.807, 2.05) is 6.92 Å². The molecule has 0 atom stereocenters. The van der Waals surface area contributed by atoms with Crippen LogP contribution in [0.25, 0.3) is 0 Å². The summed E-state index contributed by atoms with van der Waals surface area (Å²) in [5.74, 6) is -1.00. The summed E-state index contributed by atoms with van der Waals surface area (Å²) in [5, 5.41) is 11.9. The van der Waals surface area contributed by atoms with Crippen LogP contribution in [0, 0.1) is 5.41 Å². The van der Waals surface area contributed by atoms with Crippen molar-refractivity contribution in [2.24, 2.45) is 5.41 Å². The fourth-order valence-corrected chi connectivity index (χ4v) is 3.34.